The van der Waals surface area contributed by atoms with E-state index in [0.29, 0.717) is 6.61 Å². The summed E-state index contributed by atoms with van der Waals surface area (Å²) in [5.41, 5.74) is 0.330. The van der Waals surface area contributed by atoms with Crippen LogP contribution >= 0.6 is 0 Å². The van der Waals surface area contributed by atoms with Crippen LogP contribution in [0, 0.1) is 0 Å². The van der Waals surface area contributed by atoms with E-state index in [9.17, 15) is 4.79 Å². The Morgan fingerprint density at radius 1 is 1.35 bits per heavy atom. The summed E-state index contributed by atoms with van der Waals surface area (Å²) in [7, 11) is 5.33. The molecule has 0 radical (unpaired) electrons. The van der Waals surface area contributed by atoms with Crippen LogP contribution in [0.5, 0.6) is 0 Å². The Morgan fingerprint density at radius 2 is 1.94 bits per heavy atom. The maximum absolute atomic E-state index is 11.1. The van der Waals surface area contributed by atoms with Crippen LogP contribution in [0.3, 0.4) is 0 Å². The normalized spacial score (nSPS) is 14.6. The van der Waals surface area contributed by atoms with Crippen molar-refractivity contribution in [1.29, 1.82) is 0 Å². The quantitative estimate of drug-likeness (QED) is 0.815. The fourth-order valence-electron chi connectivity index (χ4n) is 2.02. The largest absolute Gasteiger partial charge is 0.481 e. The first-order chi connectivity index (χ1) is 8.03. The van der Waals surface area contributed by atoms with Crippen molar-refractivity contribution >= 4 is 5.97 Å². The minimum Gasteiger partial charge on any atom is -0.481 e. The molecule has 0 aliphatic rings. The molecule has 0 aliphatic carbocycles. The summed E-state index contributed by atoms with van der Waals surface area (Å²) in [6.07, 6.45) is 0.0118. The van der Waals surface area contributed by atoms with Gasteiger partial charge in [-0.25, -0.2) is 0 Å². The topological polar surface area (TPSA) is 49.8 Å². The summed E-state index contributed by atoms with van der Waals surface area (Å²) in [5.74, 6) is -0.834. The van der Waals surface area contributed by atoms with E-state index in [1.165, 1.54) is 0 Å². The number of carboxylic acids is 1. The second kappa shape index (κ2) is 5.80. The predicted molar refractivity (Wildman–Crippen MR) is 65.9 cm³/mol. The van der Waals surface area contributed by atoms with Crippen molar-refractivity contribution in [3.63, 3.8) is 0 Å². The molecule has 1 unspecified atom stereocenters. The summed E-state index contributed by atoms with van der Waals surface area (Å²) in [6.45, 7) is 0.344. The van der Waals surface area contributed by atoms with Gasteiger partial charge < -0.3 is 9.84 Å². The van der Waals surface area contributed by atoms with Gasteiger partial charge in [0.25, 0.3) is 0 Å². The van der Waals surface area contributed by atoms with E-state index in [1.807, 2.05) is 49.3 Å². The van der Waals surface area contributed by atoms with Gasteiger partial charge in [0, 0.05) is 7.11 Å². The van der Waals surface area contributed by atoms with Crippen LogP contribution in [0.1, 0.15) is 12.0 Å². The van der Waals surface area contributed by atoms with Crippen LogP contribution < -0.4 is 0 Å². The molecule has 0 heterocycles. The SMILES string of the molecule is COCC(CC(=O)O)(c1ccccc1)N(C)C. The number of likely N-dealkylation sites (N-methyl/N-ethyl adjacent to an activating group) is 1. The average molecular weight is 237 g/mol. The summed E-state index contributed by atoms with van der Waals surface area (Å²) < 4.78 is 5.22. The molecule has 0 bridgehead atoms. The van der Waals surface area contributed by atoms with Crippen LogP contribution in [-0.4, -0.2) is 43.8 Å². The molecule has 0 fully saturated rings. The Kier molecular flexibility index (Phi) is 4.66. The minimum atomic E-state index is -0.834. The van der Waals surface area contributed by atoms with Crippen molar-refractivity contribution in [1.82, 2.24) is 4.90 Å². The lowest BCUT2D eigenvalue weighted by Gasteiger charge is -2.38. The molecule has 1 rings (SSSR count). The van der Waals surface area contributed by atoms with Gasteiger partial charge in [0.2, 0.25) is 0 Å². The number of nitrogens with zero attached hydrogens (tertiary/aromatic N) is 1. The molecule has 0 aliphatic heterocycles. The van der Waals surface area contributed by atoms with E-state index in [-0.39, 0.29) is 6.42 Å². The molecule has 1 aromatic rings. The number of ether oxygens (including phenoxy) is 1. The molecule has 4 heteroatoms. The maximum atomic E-state index is 11.1. The smallest absolute Gasteiger partial charge is 0.305 e. The number of carboxylic acid groups (broad SMARTS) is 1. The van der Waals surface area contributed by atoms with Crippen molar-refractivity contribution in [2.75, 3.05) is 27.8 Å². The average Bonchev–Trinajstić information content (AvgIpc) is 2.28. The number of benzene rings is 1. The Balaban J connectivity index is 3.19. The van der Waals surface area contributed by atoms with E-state index in [2.05, 4.69) is 0 Å². The third-order valence-electron chi connectivity index (χ3n) is 2.99. The number of aliphatic carboxylic acids is 1. The fraction of sp³-hybridized carbons (Fsp3) is 0.462. The van der Waals surface area contributed by atoms with Gasteiger partial charge in [0.15, 0.2) is 0 Å². The van der Waals surface area contributed by atoms with Gasteiger partial charge in [-0.2, -0.15) is 0 Å². The van der Waals surface area contributed by atoms with Crippen molar-refractivity contribution in [3.8, 4) is 0 Å². The molecule has 0 saturated heterocycles. The van der Waals surface area contributed by atoms with E-state index < -0.39 is 11.5 Å². The minimum absolute atomic E-state index is 0.0118. The third kappa shape index (κ3) is 3.05. The Labute approximate surface area is 102 Å². The second-order valence-corrected chi connectivity index (χ2v) is 4.30. The monoisotopic (exact) mass is 237 g/mol. The summed E-state index contributed by atoms with van der Waals surface area (Å²) in [4.78, 5) is 13.0. The van der Waals surface area contributed by atoms with Crippen LogP contribution in [0.4, 0.5) is 0 Å². The van der Waals surface area contributed by atoms with E-state index >= 15 is 0 Å². The van der Waals surface area contributed by atoms with Crippen LogP contribution in [0.2, 0.25) is 0 Å². The van der Waals surface area contributed by atoms with Gasteiger partial charge in [-0.1, -0.05) is 30.3 Å². The standard InChI is InChI=1S/C13H19NO3/c1-14(2)13(10-17-3,9-12(15)16)11-7-5-4-6-8-11/h4-8H,9-10H2,1-3H3,(H,15,16). The molecular weight excluding hydrogens is 218 g/mol. The number of carbonyl (C=O) groups is 1. The predicted octanol–water partition coefficient (Wildman–Crippen LogP) is 1.56. The Morgan fingerprint density at radius 3 is 2.35 bits per heavy atom. The van der Waals surface area contributed by atoms with Gasteiger partial charge >= 0.3 is 5.97 Å². The van der Waals surface area contributed by atoms with E-state index in [1.54, 1.807) is 7.11 Å². The lowest BCUT2D eigenvalue weighted by atomic mass is 9.86. The molecule has 0 aromatic heterocycles. The highest BCUT2D eigenvalue weighted by Gasteiger charge is 2.37. The number of rotatable bonds is 6. The van der Waals surface area contributed by atoms with Gasteiger partial charge in [-0.3, -0.25) is 9.69 Å². The number of hydrogen-bond donors (Lipinski definition) is 1. The first kappa shape index (κ1) is 13.7. The van der Waals surface area contributed by atoms with Gasteiger partial charge in [-0.15, -0.1) is 0 Å². The molecular formula is C13H19NO3. The van der Waals surface area contributed by atoms with Gasteiger partial charge in [0.05, 0.1) is 18.6 Å². The van der Waals surface area contributed by atoms with Gasteiger partial charge in [-0.05, 0) is 19.7 Å². The van der Waals surface area contributed by atoms with Crippen molar-refractivity contribution in [3.05, 3.63) is 35.9 Å². The molecule has 0 saturated carbocycles. The number of methoxy groups -OCH3 is 1. The maximum Gasteiger partial charge on any atom is 0.305 e. The Hall–Kier alpha value is -1.39. The van der Waals surface area contributed by atoms with E-state index in [0.717, 1.165) is 5.56 Å². The summed E-state index contributed by atoms with van der Waals surface area (Å²) in [6, 6.07) is 9.59. The number of hydrogen-bond acceptors (Lipinski definition) is 3. The second-order valence-electron chi connectivity index (χ2n) is 4.30. The third-order valence-corrected chi connectivity index (χ3v) is 2.99. The van der Waals surface area contributed by atoms with E-state index in [4.69, 9.17) is 9.84 Å². The molecule has 4 nitrogen and oxygen atoms in total. The van der Waals surface area contributed by atoms with Crippen molar-refractivity contribution < 1.29 is 14.6 Å². The highest BCUT2D eigenvalue weighted by molar-refractivity contribution is 5.69. The highest BCUT2D eigenvalue weighted by atomic mass is 16.5. The first-order valence-electron chi connectivity index (χ1n) is 5.46. The Bertz CT molecular complexity index is 364. The zero-order valence-electron chi connectivity index (χ0n) is 10.5. The zero-order chi connectivity index (χ0) is 12.9. The van der Waals surface area contributed by atoms with Crippen LogP contribution in [0.25, 0.3) is 0 Å². The molecule has 1 N–H and O–H groups in total. The molecule has 94 valence electrons. The zero-order valence-corrected chi connectivity index (χ0v) is 10.5. The first-order valence-corrected chi connectivity index (χ1v) is 5.46. The van der Waals surface area contributed by atoms with Crippen LogP contribution in [0.15, 0.2) is 30.3 Å². The van der Waals surface area contributed by atoms with Crippen molar-refractivity contribution in [2.45, 2.75) is 12.0 Å². The fourth-order valence-corrected chi connectivity index (χ4v) is 2.02. The molecule has 0 spiro atoms. The van der Waals surface area contributed by atoms with Gasteiger partial charge in [0.1, 0.15) is 0 Å². The molecule has 1 aromatic carbocycles. The molecule has 1 atom stereocenters. The highest BCUT2D eigenvalue weighted by Crippen LogP contribution is 2.30. The van der Waals surface area contributed by atoms with Crippen molar-refractivity contribution in [2.24, 2.45) is 0 Å². The molecule has 0 amide bonds. The lowest BCUT2D eigenvalue weighted by Crippen LogP contribution is -2.46. The summed E-state index contributed by atoms with van der Waals surface area (Å²) in [5, 5.41) is 9.10. The summed E-state index contributed by atoms with van der Waals surface area (Å²) >= 11 is 0. The van der Waals surface area contributed by atoms with Crippen LogP contribution in [-0.2, 0) is 15.1 Å². The molecule has 17 heavy (non-hydrogen) atoms. The lowest BCUT2D eigenvalue weighted by molar-refractivity contribution is -0.141.